The summed E-state index contributed by atoms with van der Waals surface area (Å²) in [6.45, 7) is 5.38. The van der Waals surface area contributed by atoms with Crippen molar-refractivity contribution < 1.29 is 9.59 Å². The maximum absolute atomic E-state index is 11.8. The van der Waals surface area contributed by atoms with Crippen LogP contribution in [0.15, 0.2) is 0 Å². The summed E-state index contributed by atoms with van der Waals surface area (Å²) >= 11 is 0. The van der Waals surface area contributed by atoms with Gasteiger partial charge < -0.3 is 5.32 Å². The van der Waals surface area contributed by atoms with Gasteiger partial charge in [0.05, 0.1) is 6.54 Å². The minimum Gasteiger partial charge on any atom is -0.355 e. The van der Waals surface area contributed by atoms with Gasteiger partial charge in [-0.25, -0.2) is 0 Å². The maximum atomic E-state index is 11.8. The van der Waals surface area contributed by atoms with Crippen molar-refractivity contribution in [1.29, 1.82) is 0 Å². The number of amides is 1. The van der Waals surface area contributed by atoms with Gasteiger partial charge in [-0.3, -0.25) is 14.5 Å². The van der Waals surface area contributed by atoms with E-state index >= 15 is 0 Å². The normalized spacial score (nSPS) is 28.8. The first-order valence-electron chi connectivity index (χ1n) is 6.60. The van der Waals surface area contributed by atoms with Crippen LogP contribution in [-0.2, 0) is 9.59 Å². The van der Waals surface area contributed by atoms with E-state index in [1.807, 2.05) is 0 Å². The van der Waals surface area contributed by atoms with E-state index in [0.717, 1.165) is 19.4 Å². The molecule has 0 aromatic carbocycles. The Kier molecular flexibility index (Phi) is 3.82. The summed E-state index contributed by atoms with van der Waals surface area (Å²) in [5.74, 6) is 0.958. The van der Waals surface area contributed by atoms with Crippen molar-refractivity contribution in [2.24, 2.45) is 5.92 Å². The lowest BCUT2D eigenvalue weighted by Gasteiger charge is -2.33. The summed E-state index contributed by atoms with van der Waals surface area (Å²) < 4.78 is 0. The second kappa shape index (κ2) is 5.17. The van der Waals surface area contributed by atoms with Crippen LogP contribution in [0.4, 0.5) is 0 Å². The molecule has 2 aliphatic heterocycles. The number of rotatable bonds is 4. The van der Waals surface area contributed by atoms with Crippen LogP contribution in [-0.4, -0.2) is 41.8 Å². The van der Waals surface area contributed by atoms with Gasteiger partial charge in [0.25, 0.3) is 0 Å². The number of carbonyl (C=O) groups is 2. The van der Waals surface area contributed by atoms with Crippen LogP contribution in [0.25, 0.3) is 0 Å². The number of piperidine rings is 1. The summed E-state index contributed by atoms with van der Waals surface area (Å²) in [6.07, 6.45) is 3.45. The molecule has 0 radical (unpaired) electrons. The number of nitrogens with zero attached hydrogens (tertiary/aromatic N) is 1. The smallest absolute Gasteiger partial charge is 0.234 e. The van der Waals surface area contributed by atoms with Gasteiger partial charge in [-0.2, -0.15) is 0 Å². The lowest BCUT2D eigenvalue weighted by Crippen LogP contribution is -2.48. The van der Waals surface area contributed by atoms with Crippen LogP contribution in [0.2, 0.25) is 0 Å². The molecule has 2 saturated heterocycles. The SMILES string of the molecule is CC(C)CNC(=O)CN1C2CCC1CC(=O)C2. The number of fused-ring (bicyclic) bond motifs is 2. The molecule has 2 aliphatic rings. The van der Waals surface area contributed by atoms with E-state index in [4.69, 9.17) is 0 Å². The van der Waals surface area contributed by atoms with E-state index in [9.17, 15) is 9.59 Å². The van der Waals surface area contributed by atoms with E-state index in [1.54, 1.807) is 0 Å². The first-order chi connectivity index (χ1) is 8.06. The first kappa shape index (κ1) is 12.6. The summed E-state index contributed by atoms with van der Waals surface area (Å²) in [7, 11) is 0. The van der Waals surface area contributed by atoms with E-state index in [0.29, 0.717) is 43.2 Å². The number of Topliss-reactive ketones (excluding diaryl/α,β-unsaturated/α-hetero) is 1. The zero-order valence-electron chi connectivity index (χ0n) is 10.7. The van der Waals surface area contributed by atoms with Crippen LogP contribution in [0.5, 0.6) is 0 Å². The number of ketones is 1. The second-order valence-corrected chi connectivity index (χ2v) is 5.70. The zero-order chi connectivity index (χ0) is 12.4. The van der Waals surface area contributed by atoms with Gasteiger partial charge >= 0.3 is 0 Å². The molecule has 0 saturated carbocycles. The van der Waals surface area contributed by atoms with Crippen molar-refractivity contribution in [3.8, 4) is 0 Å². The summed E-state index contributed by atoms with van der Waals surface area (Å²) in [5.41, 5.74) is 0. The molecule has 1 N–H and O–H groups in total. The zero-order valence-corrected chi connectivity index (χ0v) is 10.7. The lowest BCUT2D eigenvalue weighted by atomic mass is 10.0. The van der Waals surface area contributed by atoms with Gasteiger partial charge in [0, 0.05) is 31.5 Å². The molecule has 4 heteroatoms. The average molecular weight is 238 g/mol. The molecule has 0 aromatic rings. The van der Waals surface area contributed by atoms with E-state index in [2.05, 4.69) is 24.1 Å². The van der Waals surface area contributed by atoms with Crippen LogP contribution in [0.1, 0.15) is 39.5 Å². The molecule has 2 rings (SSSR count). The monoisotopic (exact) mass is 238 g/mol. The highest BCUT2D eigenvalue weighted by Crippen LogP contribution is 2.33. The third-order valence-electron chi connectivity index (χ3n) is 3.73. The minimum atomic E-state index is 0.102. The molecule has 0 aromatic heterocycles. The van der Waals surface area contributed by atoms with Crippen molar-refractivity contribution >= 4 is 11.7 Å². The fourth-order valence-corrected chi connectivity index (χ4v) is 2.86. The Morgan fingerprint density at radius 3 is 2.47 bits per heavy atom. The molecule has 2 heterocycles. The van der Waals surface area contributed by atoms with Gasteiger partial charge in [-0.1, -0.05) is 13.8 Å². The third-order valence-corrected chi connectivity index (χ3v) is 3.73. The largest absolute Gasteiger partial charge is 0.355 e. The fraction of sp³-hybridized carbons (Fsp3) is 0.846. The van der Waals surface area contributed by atoms with Crippen molar-refractivity contribution in [2.75, 3.05) is 13.1 Å². The van der Waals surface area contributed by atoms with Crippen molar-refractivity contribution in [3.63, 3.8) is 0 Å². The molecule has 0 spiro atoms. The topological polar surface area (TPSA) is 49.4 Å². The van der Waals surface area contributed by atoms with Crippen LogP contribution < -0.4 is 5.32 Å². The van der Waals surface area contributed by atoms with Gasteiger partial charge in [-0.15, -0.1) is 0 Å². The Hall–Kier alpha value is -0.900. The highest BCUT2D eigenvalue weighted by atomic mass is 16.2. The first-order valence-corrected chi connectivity index (χ1v) is 6.60. The van der Waals surface area contributed by atoms with Crippen molar-refractivity contribution in [2.45, 2.75) is 51.6 Å². The number of carbonyl (C=O) groups excluding carboxylic acids is 2. The summed E-state index contributed by atoms with van der Waals surface area (Å²) in [4.78, 5) is 25.5. The molecule has 2 bridgehead atoms. The molecular weight excluding hydrogens is 216 g/mol. The van der Waals surface area contributed by atoms with Crippen LogP contribution in [0, 0.1) is 5.92 Å². The predicted molar refractivity (Wildman–Crippen MR) is 65.6 cm³/mol. The van der Waals surface area contributed by atoms with Crippen molar-refractivity contribution in [3.05, 3.63) is 0 Å². The van der Waals surface area contributed by atoms with Crippen LogP contribution >= 0.6 is 0 Å². The number of hydrogen-bond donors (Lipinski definition) is 1. The number of hydrogen-bond acceptors (Lipinski definition) is 3. The summed E-state index contributed by atoms with van der Waals surface area (Å²) in [6, 6.07) is 0.650. The number of nitrogens with one attached hydrogen (secondary N) is 1. The minimum absolute atomic E-state index is 0.102. The molecule has 2 unspecified atom stereocenters. The highest BCUT2D eigenvalue weighted by molar-refractivity contribution is 5.82. The predicted octanol–water partition coefficient (Wildman–Crippen LogP) is 0.954. The van der Waals surface area contributed by atoms with Crippen LogP contribution in [0.3, 0.4) is 0 Å². The van der Waals surface area contributed by atoms with Gasteiger partial charge in [0.1, 0.15) is 5.78 Å². The quantitative estimate of drug-likeness (QED) is 0.793. The molecule has 17 heavy (non-hydrogen) atoms. The highest BCUT2D eigenvalue weighted by Gasteiger charge is 2.40. The molecule has 4 nitrogen and oxygen atoms in total. The van der Waals surface area contributed by atoms with E-state index < -0.39 is 0 Å². The Morgan fingerprint density at radius 2 is 1.94 bits per heavy atom. The summed E-state index contributed by atoms with van der Waals surface area (Å²) in [5, 5.41) is 2.94. The fourth-order valence-electron chi connectivity index (χ4n) is 2.86. The van der Waals surface area contributed by atoms with E-state index in [1.165, 1.54) is 0 Å². The Morgan fingerprint density at radius 1 is 1.35 bits per heavy atom. The Labute approximate surface area is 103 Å². The van der Waals surface area contributed by atoms with Gasteiger partial charge in [0.15, 0.2) is 0 Å². The van der Waals surface area contributed by atoms with Gasteiger partial charge in [0.2, 0.25) is 5.91 Å². The van der Waals surface area contributed by atoms with Crippen molar-refractivity contribution in [1.82, 2.24) is 10.2 Å². The molecule has 1 amide bonds. The van der Waals surface area contributed by atoms with Gasteiger partial charge in [-0.05, 0) is 18.8 Å². The maximum Gasteiger partial charge on any atom is 0.234 e. The lowest BCUT2D eigenvalue weighted by molar-refractivity contribution is -0.128. The molecule has 96 valence electrons. The molecule has 2 fully saturated rings. The third kappa shape index (κ3) is 3.06. The van der Waals surface area contributed by atoms with E-state index in [-0.39, 0.29) is 5.91 Å². The average Bonchev–Trinajstić information content (AvgIpc) is 2.49. The standard InChI is InChI=1S/C13H22N2O2/c1-9(2)7-14-13(17)8-15-10-3-4-11(15)6-12(16)5-10/h9-11H,3-8H2,1-2H3,(H,14,17). The molecular formula is C13H22N2O2. The molecule has 0 aliphatic carbocycles. The molecule has 2 atom stereocenters. The Bertz CT molecular complexity index is 299. The Balaban J connectivity index is 1.83. The second-order valence-electron chi connectivity index (χ2n) is 5.70.